The number of nitrogens with zero attached hydrogens (tertiary/aromatic N) is 3. The van der Waals surface area contributed by atoms with Crippen LogP contribution >= 0.6 is 0 Å². The molecule has 5 heteroatoms. The summed E-state index contributed by atoms with van der Waals surface area (Å²) in [5, 5.41) is 0. The number of rotatable bonds is 8. The Morgan fingerprint density at radius 2 is 1.69 bits per heavy atom. The van der Waals surface area contributed by atoms with E-state index in [-0.39, 0.29) is 5.91 Å². The molecule has 0 saturated carbocycles. The summed E-state index contributed by atoms with van der Waals surface area (Å²) in [6.07, 6.45) is 2.54. The van der Waals surface area contributed by atoms with Crippen LogP contribution in [0.4, 0.5) is 11.4 Å². The SMILES string of the molecule is COc1ccc(N(C)C(=O)CN(CCN2CCC(C)CC2)c2ccccc2)cc1. The van der Waals surface area contributed by atoms with E-state index in [4.69, 9.17) is 4.74 Å². The van der Waals surface area contributed by atoms with Crippen molar-refractivity contribution in [2.45, 2.75) is 19.8 Å². The Hall–Kier alpha value is -2.53. The van der Waals surface area contributed by atoms with Crippen molar-refractivity contribution in [3.63, 3.8) is 0 Å². The van der Waals surface area contributed by atoms with E-state index in [0.29, 0.717) is 6.54 Å². The maximum absolute atomic E-state index is 13.0. The molecule has 5 nitrogen and oxygen atoms in total. The molecule has 0 bridgehead atoms. The molecule has 1 aliphatic heterocycles. The normalized spacial score (nSPS) is 15.1. The second-order valence-corrected chi connectivity index (χ2v) is 7.93. The van der Waals surface area contributed by atoms with Gasteiger partial charge in [-0.15, -0.1) is 0 Å². The Balaban J connectivity index is 1.64. The van der Waals surface area contributed by atoms with Crippen LogP contribution in [-0.2, 0) is 4.79 Å². The minimum atomic E-state index is 0.0753. The van der Waals surface area contributed by atoms with E-state index < -0.39 is 0 Å². The predicted octanol–water partition coefficient (Wildman–Crippen LogP) is 3.90. The molecule has 1 heterocycles. The standard InChI is InChI=1S/C24H33N3O2/c1-20-13-15-26(16-14-20)17-18-27(22-7-5-4-6-8-22)19-24(28)25(2)21-9-11-23(29-3)12-10-21/h4-12,20H,13-19H2,1-3H3. The topological polar surface area (TPSA) is 36.0 Å². The third-order valence-electron chi connectivity index (χ3n) is 5.84. The molecule has 29 heavy (non-hydrogen) atoms. The van der Waals surface area contributed by atoms with Gasteiger partial charge in [-0.05, 0) is 68.2 Å². The Morgan fingerprint density at radius 1 is 1.03 bits per heavy atom. The smallest absolute Gasteiger partial charge is 0.246 e. The molecule has 1 fully saturated rings. The zero-order chi connectivity index (χ0) is 20.6. The van der Waals surface area contributed by atoms with Gasteiger partial charge in [-0.2, -0.15) is 0 Å². The fourth-order valence-corrected chi connectivity index (χ4v) is 3.71. The van der Waals surface area contributed by atoms with Gasteiger partial charge in [0.25, 0.3) is 0 Å². The lowest BCUT2D eigenvalue weighted by molar-refractivity contribution is -0.117. The van der Waals surface area contributed by atoms with Gasteiger partial charge in [0.15, 0.2) is 0 Å². The largest absolute Gasteiger partial charge is 0.497 e. The second-order valence-electron chi connectivity index (χ2n) is 7.93. The summed E-state index contributed by atoms with van der Waals surface area (Å²) in [6.45, 7) is 6.84. The molecule has 1 aliphatic rings. The fourth-order valence-electron chi connectivity index (χ4n) is 3.71. The lowest BCUT2D eigenvalue weighted by atomic mass is 9.99. The van der Waals surface area contributed by atoms with E-state index in [1.165, 1.54) is 12.8 Å². The minimum absolute atomic E-state index is 0.0753. The van der Waals surface area contributed by atoms with Gasteiger partial charge >= 0.3 is 0 Å². The summed E-state index contributed by atoms with van der Waals surface area (Å²) >= 11 is 0. The van der Waals surface area contributed by atoms with Crippen molar-refractivity contribution in [1.82, 2.24) is 4.90 Å². The fraction of sp³-hybridized carbons (Fsp3) is 0.458. The number of methoxy groups -OCH3 is 1. The molecular weight excluding hydrogens is 362 g/mol. The molecule has 0 spiro atoms. The van der Waals surface area contributed by atoms with E-state index in [0.717, 1.165) is 49.2 Å². The summed E-state index contributed by atoms with van der Waals surface area (Å²) in [4.78, 5) is 19.5. The first-order valence-electron chi connectivity index (χ1n) is 10.5. The third-order valence-corrected chi connectivity index (χ3v) is 5.84. The molecule has 1 saturated heterocycles. The van der Waals surface area contributed by atoms with Gasteiger partial charge in [-0.3, -0.25) is 4.79 Å². The number of carbonyl (C=O) groups is 1. The lowest BCUT2D eigenvalue weighted by Crippen LogP contribution is -2.43. The molecule has 156 valence electrons. The summed E-state index contributed by atoms with van der Waals surface area (Å²) in [6, 6.07) is 17.8. The number of likely N-dealkylation sites (N-methyl/N-ethyl adjacent to an activating group) is 1. The Morgan fingerprint density at radius 3 is 2.31 bits per heavy atom. The number of hydrogen-bond donors (Lipinski definition) is 0. The van der Waals surface area contributed by atoms with E-state index in [1.54, 1.807) is 12.0 Å². The molecule has 0 aromatic heterocycles. The second kappa shape index (κ2) is 10.3. The van der Waals surface area contributed by atoms with E-state index >= 15 is 0 Å². The monoisotopic (exact) mass is 395 g/mol. The van der Waals surface area contributed by atoms with Crippen LogP contribution in [0.15, 0.2) is 54.6 Å². The van der Waals surface area contributed by atoms with Crippen molar-refractivity contribution in [2.75, 3.05) is 56.7 Å². The summed E-state index contributed by atoms with van der Waals surface area (Å²) < 4.78 is 5.21. The molecule has 0 atom stereocenters. The summed E-state index contributed by atoms with van der Waals surface area (Å²) in [5.41, 5.74) is 1.96. The van der Waals surface area contributed by atoms with Gasteiger partial charge in [-0.1, -0.05) is 25.1 Å². The van der Waals surface area contributed by atoms with Crippen molar-refractivity contribution in [3.05, 3.63) is 54.6 Å². The highest BCUT2D eigenvalue weighted by Crippen LogP contribution is 2.20. The first-order chi connectivity index (χ1) is 14.1. The van der Waals surface area contributed by atoms with Crippen LogP contribution in [0, 0.1) is 5.92 Å². The average Bonchev–Trinajstić information content (AvgIpc) is 2.77. The maximum Gasteiger partial charge on any atom is 0.246 e. The first-order valence-corrected chi connectivity index (χ1v) is 10.5. The highest BCUT2D eigenvalue weighted by Gasteiger charge is 2.19. The average molecular weight is 396 g/mol. The highest BCUT2D eigenvalue weighted by molar-refractivity contribution is 5.96. The van der Waals surface area contributed by atoms with Crippen molar-refractivity contribution >= 4 is 17.3 Å². The Bertz CT molecular complexity index is 755. The number of piperidine rings is 1. The Kier molecular flexibility index (Phi) is 7.53. The van der Waals surface area contributed by atoms with Crippen LogP contribution in [0.25, 0.3) is 0 Å². The van der Waals surface area contributed by atoms with Gasteiger partial charge in [0.05, 0.1) is 13.7 Å². The zero-order valence-corrected chi connectivity index (χ0v) is 17.9. The number of likely N-dealkylation sites (tertiary alicyclic amines) is 1. The Labute approximate surface area is 174 Å². The van der Waals surface area contributed by atoms with Gasteiger partial charge in [0, 0.05) is 31.5 Å². The van der Waals surface area contributed by atoms with Crippen LogP contribution in [0.3, 0.4) is 0 Å². The number of para-hydroxylation sites is 1. The van der Waals surface area contributed by atoms with E-state index in [2.05, 4.69) is 28.9 Å². The summed E-state index contributed by atoms with van der Waals surface area (Å²) in [5.74, 6) is 1.69. The van der Waals surface area contributed by atoms with Crippen molar-refractivity contribution in [1.29, 1.82) is 0 Å². The molecule has 0 radical (unpaired) electrons. The zero-order valence-electron chi connectivity index (χ0n) is 17.9. The molecule has 1 amide bonds. The van der Waals surface area contributed by atoms with Crippen molar-refractivity contribution in [3.8, 4) is 5.75 Å². The lowest BCUT2D eigenvalue weighted by Gasteiger charge is -2.33. The number of anilines is 2. The van der Waals surface area contributed by atoms with E-state index in [9.17, 15) is 4.79 Å². The predicted molar refractivity (Wildman–Crippen MR) is 120 cm³/mol. The minimum Gasteiger partial charge on any atom is -0.497 e. The van der Waals surface area contributed by atoms with Crippen LogP contribution in [0.5, 0.6) is 5.75 Å². The third kappa shape index (κ3) is 5.97. The highest BCUT2D eigenvalue weighted by atomic mass is 16.5. The van der Waals surface area contributed by atoms with Crippen LogP contribution in [0.2, 0.25) is 0 Å². The number of carbonyl (C=O) groups excluding carboxylic acids is 1. The molecular formula is C24H33N3O2. The molecule has 0 unspecified atom stereocenters. The van der Waals surface area contributed by atoms with Crippen LogP contribution in [0.1, 0.15) is 19.8 Å². The summed E-state index contributed by atoms with van der Waals surface area (Å²) in [7, 11) is 3.48. The first kappa shape index (κ1) is 21.2. The van der Waals surface area contributed by atoms with Crippen molar-refractivity contribution in [2.24, 2.45) is 5.92 Å². The van der Waals surface area contributed by atoms with Gasteiger partial charge in [0.1, 0.15) is 5.75 Å². The number of ether oxygens (including phenoxy) is 1. The maximum atomic E-state index is 13.0. The van der Waals surface area contributed by atoms with Crippen LogP contribution < -0.4 is 14.5 Å². The molecule has 0 aliphatic carbocycles. The molecule has 2 aromatic rings. The van der Waals surface area contributed by atoms with Gasteiger partial charge in [0.2, 0.25) is 5.91 Å². The van der Waals surface area contributed by atoms with Gasteiger partial charge < -0.3 is 19.4 Å². The van der Waals surface area contributed by atoms with Crippen molar-refractivity contribution < 1.29 is 9.53 Å². The molecule has 2 aromatic carbocycles. The quantitative estimate of drug-likeness (QED) is 0.679. The molecule has 3 rings (SSSR count). The van der Waals surface area contributed by atoms with Gasteiger partial charge in [-0.25, -0.2) is 0 Å². The number of hydrogen-bond acceptors (Lipinski definition) is 4. The van der Waals surface area contributed by atoms with E-state index in [1.807, 2.05) is 49.5 Å². The molecule has 0 N–H and O–H groups in total. The number of benzene rings is 2. The number of amides is 1. The van der Waals surface area contributed by atoms with Crippen LogP contribution in [-0.4, -0.2) is 57.7 Å².